The fourth-order valence-corrected chi connectivity index (χ4v) is 2.56. The predicted molar refractivity (Wildman–Crippen MR) is 87.0 cm³/mol. The summed E-state index contributed by atoms with van der Waals surface area (Å²) in [5, 5.41) is 2.71. The van der Waals surface area contributed by atoms with E-state index < -0.39 is 5.82 Å². The van der Waals surface area contributed by atoms with Gasteiger partial charge in [0.2, 0.25) is 5.91 Å². The summed E-state index contributed by atoms with van der Waals surface area (Å²) in [4.78, 5) is 25.9. The number of hydrogen-bond donors (Lipinski definition) is 1. The van der Waals surface area contributed by atoms with E-state index in [1.807, 2.05) is 6.07 Å². The topological polar surface area (TPSA) is 49.4 Å². The summed E-state index contributed by atoms with van der Waals surface area (Å²) in [5.41, 5.74) is 1.31. The fraction of sp³-hybridized carbons (Fsp3) is 0.222. The van der Waals surface area contributed by atoms with Gasteiger partial charge < -0.3 is 10.2 Å². The second-order valence-corrected chi connectivity index (χ2v) is 5.60. The van der Waals surface area contributed by atoms with Crippen molar-refractivity contribution in [1.29, 1.82) is 0 Å². The van der Waals surface area contributed by atoms with Crippen LogP contribution in [0.5, 0.6) is 0 Å². The molecule has 1 fully saturated rings. The lowest BCUT2D eigenvalue weighted by molar-refractivity contribution is -0.116. The number of nitrogens with zero attached hydrogens (tertiary/aromatic N) is 1. The molecule has 4 nitrogen and oxygen atoms in total. The minimum atomic E-state index is -0.462. The monoisotopic (exact) mass is 312 g/mol. The largest absolute Gasteiger partial charge is 0.320 e. The van der Waals surface area contributed by atoms with Crippen molar-refractivity contribution in [2.75, 3.05) is 10.2 Å². The molecular weight excluding hydrogens is 295 g/mol. The van der Waals surface area contributed by atoms with Crippen molar-refractivity contribution >= 4 is 23.2 Å². The number of carbonyl (C=O) groups excluding carboxylic acids is 2. The van der Waals surface area contributed by atoms with Gasteiger partial charge in [-0.1, -0.05) is 18.2 Å². The summed E-state index contributed by atoms with van der Waals surface area (Å²) in [5.74, 6) is -0.914. The van der Waals surface area contributed by atoms with Crippen molar-refractivity contribution in [2.45, 2.75) is 25.8 Å². The average molecular weight is 312 g/mol. The summed E-state index contributed by atoms with van der Waals surface area (Å²) in [6.07, 6.45) is 1.84. The van der Waals surface area contributed by atoms with Crippen molar-refractivity contribution in [3.63, 3.8) is 0 Å². The highest BCUT2D eigenvalue weighted by Crippen LogP contribution is 2.36. The van der Waals surface area contributed by atoms with Crippen LogP contribution in [0.25, 0.3) is 0 Å². The van der Waals surface area contributed by atoms with Crippen molar-refractivity contribution in [3.8, 4) is 0 Å². The third kappa shape index (κ3) is 3.39. The van der Waals surface area contributed by atoms with Gasteiger partial charge in [-0.3, -0.25) is 9.59 Å². The zero-order valence-corrected chi connectivity index (χ0v) is 12.8. The average Bonchev–Trinajstić information content (AvgIpc) is 3.35. The molecule has 0 bridgehead atoms. The molecule has 3 rings (SSSR count). The maximum Gasteiger partial charge on any atom is 0.255 e. The molecule has 1 aliphatic rings. The molecule has 1 aliphatic carbocycles. The summed E-state index contributed by atoms with van der Waals surface area (Å²) < 4.78 is 13.6. The van der Waals surface area contributed by atoms with E-state index in [9.17, 15) is 14.0 Å². The molecule has 0 radical (unpaired) electrons. The molecule has 2 aromatic rings. The number of benzene rings is 2. The molecular formula is C18H17FN2O2. The Hall–Kier alpha value is -2.69. The molecule has 23 heavy (non-hydrogen) atoms. The summed E-state index contributed by atoms with van der Waals surface area (Å²) in [6.45, 7) is 1.48. The lowest BCUT2D eigenvalue weighted by atomic mass is 10.2. The van der Waals surface area contributed by atoms with Gasteiger partial charge in [0.15, 0.2) is 0 Å². The van der Waals surface area contributed by atoms with Gasteiger partial charge in [0.25, 0.3) is 5.91 Å². The van der Waals surface area contributed by atoms with Crippen LogP contribution in [0.1, 0.15) is 30.1 Å². The lowest BCUT2D eigenvalue weighted by Gasteiger charge is -2.24. The molecule has 0 heterocycles. The third-order valence-electron chi connectivity index (χ3n) is 3.75. The first kappa shape index (κ1) is 15.2. The summed E-state index contributed by atoms with van der Waals surface area (Å²) in [6, 6.07) is 12.9. The predicted octanol–water partition coefficient (Wildman–Crippen LogP) is 3.59. The number of amides is 2. The first-order chi connectivity index (χ1) is 11.1. The molecule has 0 atom stereocenters. The Bertz CT molecular complexity index is 742. The van der Waals surface area contributed by atoms with Crippen LogP contribution in [0, 0.1) is 5.82 Å². The highest BCUT2D eigenvalue weighted by atomic mass is 19.1. The van der Waals surface area contributed by atoms with E-state index in [1.54, 1.807) is 29.2 Å². The molecule has 0 unspecified atom stereocenters. The Kier molecular flexibility index (Phi) is 4.10. The number of anilines is 2. The smallest absolute Gasteiger partial charge is 0.255 e. The van der Waals surface area contributed by atoms with E-state index in [1.165, 1.54) is 25.1 Å². The van der Waals surface area contributed by atoms with Crippen LogP contribution in [0.15, 0.2) is 48.5 Å². The van der Waals surface area contributed by atoms with Crippen molar-refractivity contribution < 1.29 is 14.0 Å². The van der Waals surface area contributed by atoms with Gasteiger partial charge in [-0.2, -0.15) is 0 Å². The SMILES string of the molecule is CC(=O)N(c1ccc(F)cc1NC(=O)c1ccccc1)C1CC1. The van der Waals surface area contributed by atoms with Gasteiger partial charge in [0.1, 0.15) is 5.82 Å². The van der Waals surface area contributed by atoms with Crippen LogP contribution < -0.4 is 10.2 Å². The quantitative estimate of drug-likeness (QED) is 0.938. The van der Waals surface area contributed by atoms with Crippen molar-refractivity contribution in [2.24, 2.45) is 0 Å². The van der Waals surface area contributed by atoms with Crippen molar-refractivity contribution in [3.05, 3.63) is 59.9 Å². The Balaban J connectivity index is 1.93. The second-order valence-electron chi connectivity index (χ2n) is 5.60. The van der Waals surface area contributed by atoms with E-state index in [-0.39, 0.29) is 17.9 Å². The van der Waals surface area contributed by atoms with E-state index >= 15 is 0 Å². The minimum Gasteiger partial charge on any atom is -0.320 e. The molecule has 118 valence electrons. The van der Waals surface area contributed by atoms with E-state index in [0.717, 1.165) is 12.8 Å². The number of carbonyl (C=O) groups is 2. The summed E-state index contributed by atoms with van der Waals surface area (Å²) >= 11 is 0. The standard InChI is InChI=1S/C18H17FN2O2/c1-12(22)21(15-8-9-15)17-10-7-14(19)11-16(17)20-18(23)13-5-3-2-4-6-13/h2-7,10-11,15H,8-9H2,1H3,(H,20,23). The van der Waals surface area contributed by atoms with Gasteiger partial charge in [0.05, 0.1) is 11.4 Å². The molecule has 1 N–H and O–H groups in total. The highest BCUT2D eigenvalue weighted by molar-refractivity contribution is 6.07. The van der Waals surface area contributed by atoms with Gasteiger partial charge in [0, 0.05) is 18.5 Å². The molecule has 0 aromatic heterocycles. The second kappa shape index (κ2) is 6.20. The number of halogens is 1. The van der Waals surface area contributed by atoms with Crippen LogP contribution in [0.2, 0.25) is 0 Å². The maximum atomic E-state index is 13.6. The molecule has 0 saturated heterocycles. The van der Waals surface area contributed by atoms with Gasteiger partial charge in [-0.25, -0.2) is 4.39 Å². The molecule has 1 saturated carbocycles. The Morgan fingerprint density at radius 1 is 1.13 bits per heavy atom. The van der Waals surface area contributed by atoms with E-state index in [2.05, 4.69) is 5.32 Å². The molecule has 2 amide bonds. The van der Waals surface area contributed by atoms with Crippen LogP contribution in [0.4, 0.5) is 15.8 Å². The molecule has 5 heteroatoms. The zero-order valence-electron chi connectivity index (χ0n) is 12.8. The van der Waals surface area contributed by atoms with E-state index in [4.69, 9.17) is 0 Å². The Labute approximate surface area is 133 Å². The molecule has 0 aliphatic heterocycles. The third-order valence-corrected chi connectivity index (χ3v) is 3.75. The fourth-order valence-electron chi connectivity index (χ4n) is 2.56. The number of nitrogens with one attached hydrogen (secondary N) is 1. The zero-order chi connectivity index (χ0) is 16.4. The Morgan fingerprint density at radius 3 is 2.43 bits per heavy atom. The van der Waals surface area contributed by atoms with Crippen molar-refractivity contribution in [1.82, 2.24) is 0 Å². The van der Waals surface area contributed by atoms with Gasteiger partial charge >= 0.3 is 0 Å². The number of rotatable bonds is 4. The van der Waals surface area contributed by atoms with E-state index in [0.29, 0.717) is 16.9 Å². The first-order valence-corrected chi connectivity index (χ1v) is 7.52. The Morgan fingerprint density at radius 2 is 1.83 bits per heavy atom. The normalized spacial score (nSPS) is 13.5. The summed E-state index contributed by atoms with van der Waals surface area (Å²) in [7, 11) is 0. The van der Waals surface area contributed by atoms with Crippen LogP contribution >= 0.6 is 0 Å². The molecule has 0 spiro atoms. The highest BCUT2D eigenvalue weighted by Gasteiger charge is 2.33. The van der Waals surface area contributed by atoms with Crippen LogP contribution in [0.3, 0.4) is 0 Å². The first-order valence-electron chi connectivity index (χ1n) is 7.52. The minimum absolute atomic E-state index is 0.116. The molecule has 2 aromatic carbocycles. The lowest BCUT2D eigenvalue weighted by Crippen LogP contribution is -2.31. The van der Waals surface area contributed by atoms with Gasteiger partial charge in [-0.15, -0.1) is 0 Å². The van der Waals surface area contributed by atoms with Crippen LogP contribution in [-0.4, -0.2) is 17.9 Å². The van der Waals surface area contributed by atoms with Crippen LogP contribution in [-0.2, 0) is 4.79 Å². The van der Waals surface area contributed by atoms with Gasteiger partial charge in [-0.05, 0) is 43.2 Å². The number of hydrogen-bond acceptors (Lipinski definition) is 2. The maximum absolute atomic E-state index is 13.6.